The van der Waals surface area contributed by atoms with Crippen LogP contribution in [-0.2, 0) is 20.7 Å². The molecule has 1 aromatic carbocycles. The SMILES string of the molecule is CCC1(CCC#N)CCC(Cc2ccccc2N=[N+]=[N-])(C(=O)OC)C1=O. The molecule has 2 unspecified atom stereocenters. The maximum absolute atomic E-state index is 13.4. The first kappa shape index (κ1) is 19.5. The maximum Gasteiger partial charge on any atom is 0.319 e. The van der Waals surface area contributed by atoms with Gasteiger partial charge in [-0.05, 0) is 43.2 Å². The van der Waals surface area contributed by atoms with E-state index in [1.54, 1.807) is 24.3 Å². The van der Waals surface area contributed by atoms with Crippen molar-refractivity contribution in [2.24, 2.45) is 15.9 Å². The fourth-order valence-corrected chi connectivity index (χ4v) is 4.00. The van der Waals surface area contributed by atoms with Crippen LogP contribution in [0.4, 0.5) is 5.69 Å². The number of carbonyl (C=O) groups excluding carboxylic acids is 2. The van der Waals surface area contributed by atoms with Crippen molar-refractivity contribution in [1.29, 1.82) is 5.26 Å². The normalized spacial score (nSPS) is 24.6. The van der Waals surface area contributed by atoms with Crippen LogP contribution >= 0.6 is 0 Å². The molecular weight excluding hydrogens is 332 g/mol. The standard InChI is InChI=1S/C19H22N4O3/c1-3-18(9-6-12-20)10-11-19(16(18)24,17(25)26-2)13-14-7-4-5-8-15(14)22-23-21/h4-5,7-8H,3,6,9-11,13H2,1-2H3. The van der Waals surface area contributed by atoms with Gasteiger partial charge in [-0.1, -0.05) is 36.3 Å². The van der Waals surface area contributed by atoms with Crippen LogP contribution < -0.4 is 0 Å². The van der Waals surface area contributed by atoms with Crippen LogP contribution in [0.15, 0.2) is 29.4 Å². The van der Waals surface area contributed by atoms with Crippen molar-refractivity contribution in [2.75, 3.05) is 7.11 Å². The summed E-state index contributed by atoms with van der Waals surface area (Å²) in [4.78, 5) is 29.0. The molecule has 2 rings (SSSR count). The van der Waals surface area contributed by atoms with E-state index in [9.17, 15) is 9.59 Å². The Balaban J connectivity index is 2.49. The molecule has 0 N–H and O–H groups in total. The number of esters is 1. The Hall–Kier alpha value is -2.84. The number of nitrogens with zero attached hydrogens (tertiary/aromatic N) is 4. The number of ether oxygens (including phenoxy) is 1. The summed E-state index contributed by atoms with van der Waals surface area (Å²) in [5, 5.41) is 12.6. The summed E-state index contributed by atoms with van der Waals surface area (Å²) in [6, 6.07) is 9.02. The van der Waals surface area contributed by atoms with E-state index in [1.165, 1.54) is 7.11 Å². The highest BCUT2D eigenvalue weighted by atomic mass is 16.5. The van der Waals surface area contributed by atoms with Crippen LogP contribution in [-0.4, -0.2) is 18.9 Å². The topological polar surface area (TPSA) is 116 Å². The first-order valence-corrected chi connectivity index (χ1v) is 8.63. The van der Waals surface area contributed by atoms with Gasteiger partial charge in [0.2, 0.25) is 0 Å². The molecule has 7 nitrogen and oxygen atoms in total. The number of methoxy groups -OCH3 is 1. The van der Waals surface area contributed by atoms with Crippen molar-refractivity contribution >= 4 is 17.4 Å². The number of carbonyl (C=O) groups is 2. The molecule has 0 aromatic heterocycles. The zero-order valence-electron chi connectivity index (χ0n) is 15.1. The average Bonchev–Trinajstić information content (AvgIpc) is 2.95. The molecule has 1 aliphatic rings. The molecule has 0 spiro atoms. The van der Waals surface area contributed by atoms with Crippen molar-refractivity contribution in [3.8, 4) is 6.07 Å². The Bertz CT molecular complexity index is 794. The summed E-state index contributed by atoms with van der Waals surface area (Å²) < 4.78 is 4.99. The second kappa shape index (κ2) is 8.03. The van der Waals surface area contributed by atoms with Gasteiger partial charge in [-0.2, -0.15) is 5.26 Å². The van der Waals surface area contributed by atoms with Crippen molar-refractivity contribution in [1.82, 2.24) is 0 Å². The third-order valence-electron chi connectivity index (χ3n) is 5.55. The van der Waals surface area contributed by atoms with E-state index in [4.69, 9.17) is 15.5 Å². The molecular formula is C19H22N4O3. The highest BCUT2D eigenvalue weighted by Gasteiger charge is 2.59. The molecule has 1 aromatic rings. The molecule has 0 radical (unpaired) electrons. The van der Waals surface area contributed by atoms with Gasteiger partial charge in [-0.15, -0.1) is 0 Å². The van der Waals surface area contributed by atoms with Crippen LogP contribution in [0.3, 0.4) is 0 Å². The third kappa shape index (κ3) is 3.29. The fraction of sp³-hybridized carbons (Fsp3) is 0.526. The summed E-state index contributed by atoms with van der Waals surface area (Å²) in [6.45, 7) is 1.91. The molecule has 0 aliphatic heterocycles. The first-order chi connectivity index (χ1) is 12.5. The van der Waals surface area contributed by atoms with Gasteiger partial charge in [0.15, 0.2) is 5.78 Å². The number of azide groups is 1. The Morgan fingerprint density at radius 1 is 1.42 bits per heavy atom. The molecule has 1 fully saturated rings. The minimum absolute atomic E-state index is 0.127. The van der Waals surface area contributed by atoms with Crippen LogP contribution in [0.1, 0.15) is 44.6 Å². The third-order valence-corrected chi connectivity index (χ3v) is 5.55. The van der Waals surface area contributed by atoms with Gasteiger partial charge < -0.3 is 4.74 Å². The summed E-state index contributed by atoms with van der Waals surface area (Å²) in [7, 11) is 1.28. The van der Waals surface area contributed by atoms with E-state index in [2.05, 4.69) is 16.1 Å². The molecule has 7 heteroatoms. The predicted octanol–water partition coefficient (Wildman–Crippen LogP) is 4.39. The largest absolute Gasteiger partial charge is 0.468 e. The van der Waals surface area contributed by atoms with Crippen molar-refractivity contribution in [3.05, 3.63) is 40.3 Å². The zero-order chi connectivity index (χ0) is 19.2. The lowest BCUT2D eigenvalue weighted by molar-refractivity contribution is -0.158. The summed E-state index contributed by atoms with van der Waals surface area (Å²) in [5.74, 6) is -0.726. The summed E-state index contributed by atoms with van der Waals surface area (Å²) in [6.07, 6.45) is 2.32. The number of nitriles is 1. The second-order valence-electron chi connectivity index (χ2n) is 6.69. The van der Waals surface area contributed by atoms with Gasteiger partial charge in [-0.3, -0.25) is 9.59 Å². The molecule has 0 amide bonds. The van der Waals surface area contributed by atoms with E-state index in [0.29, 0.717) is 36.9 Å². The summed E-state index contributed by atoms with van der Waals surface area (Å²) >= 11 is 0. The Morgan fingerprint density at radius 2 is 2.15 bits per heavy atom. The highest BCUT2D eigenvalue weighted by molar-refractivity contribution is 6.08. The number of hydrogen-bond donors (Lipinski definition) is 0. The Kier molecular flexibility index (Phi) is 6.01. The van der Waals surface area contributed by atoms with Gasteiger partial charge in [0.1, 0.15) is 5.41 Å². The smallest absolute Gasteiger partial charge is 0.319 e. The first-order valence-electron chi connectivity index (χ1n) is 8.63. The van der Waals surface area contributed by atoms with Gasteiger partial charge in [0.25, 0.3) is 0 Å². The minimum atomic E-state index is -1.30. The monoisotopic (exact) mass is 354 g/mol. The molecule has 26 heavy (non-hydrogen) atoms. The number of benzene rings is 1. The van der Waals surface area contributed by atoms with Gasteiger partial charge >= 0.3 is 5.97 Å². The summed E-state index contributed by atoms with van der Waals surface area (Å²) in [5.41, 5.74) is 7.81. The second-order valence-corrected chi connectivity index (χ2v) is 6.69. The minimum Gasteiger partial charge on any atom is -0.468 e. The van der Waals surface area contributed by atoms with Gasteiger partial charge in [0, 0.05) is 22.4 Å². The molecule has 0 saturated heterocycles. The number of hydrogen-bond acceptors (Lipinski definition) is 5. The predicted molar refractivity (Wildman–Crippen MR) is 95.2 cm³/mol. The van der Waals surface area contributed by atoms with Crippen LogP contribution in [0, 0.1) is 22.2 Å². The molecule has 2 atom stereocenters. The van der Waals surface area contributed by atoms with Gasteiger partial charge in [0.05, 0.1) is 13.2 Å². The van der Waals surface area contributed by atoms with E-state index in [1.807, 2.05) is 6.92 Å². The van der Waals surface area contributed by atoms with E-state index >= 15 is 0 Å². The quantitative estimate of drug-likeness (QED) is 0.237. The Labute approximate surface area is 152 Å². The molecule has 0 bridgehead atoms. The van der Waals surface area contributed by atoms with E-state index in [-0.39, 0.29) is 18.6 Å². The molecule has 1 saturated carbocycles. The fourth-order valence-electron chi connectivity index (χ4n) is 4.00. The highest BCUT2D eigenvalue weighted by Crippen LogP contribution is 2.53. The van der Waals surface area contributed by atoms with E-state index < -0.39 is 16.8 Å². The van der Waals surface area contributed by atoms with Crippen LogP contribution in [0.2, 0.25) is 0 Å². The number of ketones is 1. The van der Waals surface area contributed by atoms with E-state index in [0.717, 1.165) is 0 Å². The lowest BCUT2D eigenvalue weighted by Gasteiger charge is -2.30. The van der Waals surface area contributed by atoms with Crippen molar-refractivity contribution in [2.45, 2.75) is 45.4 Å². The zero-order valence-corrected chi connectivity index (χ0v) is 15.1. The molecule has 0 heterocycles. The van der Waals surface area contributed by atoms with Crippen LogP contribution in [0.5, 0.6) is 0 Å². The lowest BCUT2D eigenvalue weighted by atomic mass is 9.71. The van der Waals surface area contributed by atoms with Gasteiger partial charge in [-0.25, -0.2) is 0 Å². The Morgan fingerprint density at radius 3 is 2.77 bits per heavy atom. The van der Waals surface area contributed by atoms with Crippen molar-refractivity contribution in [3.63, 3.8) is 0 Å². The lowest BCUT2D eigenvalue weighted by Crippen LogP contribution is -2.43. The maximum atomic E-state index is 13.4. The van der Waals surface area contributed by atoms with Crippen LogP contribution in [0.25, 0.3) is 10.4 Å². The number of rotatable bonds is 7. The molecule has 136 valence electrons. The average molecular weight is 354 g/mol. The van der Waals surface area contributed by atoms with Crippen molar-refractivity contribution < 1.29 is 14.3 Å². The number of Topliss-reactive ketones (excluding diaryl/α,β-unsaturated/α-hetero) is 1. The molecule has 1 aliphatic carbocycles.